The number of furan rings is 1. The van der Waals surface area contributed by atoms with Gasteiger partial charge in [0.25, 0.3) is 0 Å². The fraction of sp³-hybridized carbons (Fsp3) is 0.375. The van der Waals surface area contributed by atoms with Crippen molar-refractivity contribution in [3.05, 3.63) is 59.8 Å². The van der Waals surface area contributed by atoms with Crippen LogP contribution in [0.2, 0.25) is 0 Å². The summed E-state index contributed by atoms with van der Waals surface area (Å²) < 4.78 is 18.1. The van der Waals surface area contributed by atoms with E-state index in [2.05, 4.69) is 26.1 Å². The van der Waals surface area contributed by atoms with Crippen molar-refractivity contribution in [2.24, 2.45) is 5.92 Å². The summed E-state index contributed by atoms with van der Waals surface area (Å²) in [4.78, 5) is 0. The number of benzene rings is 1. The predicted molar refractivity (Wildman–Crippen MR) is 74.2 cm³/mol. The minimum absolute atomic E-state index is 0.186. The summed E-state index contributed by atoms with van der Waals surface area (Å²) in [6.07, 6.45) is 3.43. The second kappa shape index (κ2) is 6.02. The van der Waals surface area contributed by atoms with Crippen LogP contribution in [0.5, 0.6) is 0 Å². The van der Waals surface area contributed by atoms with Gasteiger partial charge in [-0.15, -0.1) is 0 Å². The number of hydrogen-bond donors (Lipinski definition) is 1. The SMILES string of the molecule is CC(NC(c1ccc(F)cc1)C(C)C)c1ccoc1. The van der Waals surface area contributed by atoms with E-state index < -0.39 is 0 Å². The molecule has 2 unspecified atom stereocenters. The number of rotatable bonds is 5. The molecule has 102 valence electrons. The van der Waals surface area contributed by atoms with Gasteiger partial charge in [0.1, 0.15) is 5.82 Å². The summed E-state index contributed by atoms with van der Waals surface area (Å²) in [5.74, 6) is 0.217. The van der Waals surface area contributed by atoms with E-state index in [1.54, 1.807) is 12.5 Å². The Balaban J connectivity index is 2.14. The molecule has 3 heteroatoms. The van der Waals surface area contributed by atoms with Crippen LogP contribution < -0.4 is 5.32 Å². The van der Waals surface area contributed by atoms with Crippen LogP contribution in [0, 0.1) is 11.7 Å². The molecule has 0 aliphatic carbocycles. The smallest absolute Gasteiger partial charge is 0.123 e. The maximum atomic E-state index is 13.0. The predicted octanol–water partition coefficient (Wildman–Crippen LogP) is 4.47. The Morgan fingerprint density at radius 3 is 2.21 bits per heavy atom. The van der Waals surface area contributed by atoms with E-state index in [1.807, 2.05) is 18.2 Å². The van der Waals surface area contributed by atoms with Gasteiger partial charge in [-0.25, -0.2) is 4.39 Å². The van der Waals surface area contributed by atoms with Crippen LogP contribution in [-0.2, 0) is 0 Å². The first-order chi connectivity index (χ1) is 9.08. The van der Waals surface area contributed by atoms with Crippen LogP contribution in [0.25, 0.3) is 0 Å². The summed E-state index contributed by atoms with van der Waals surface area (Å²) in [7, 11) is 0. The third-order valence-electron chi connectivity index (χ3n) is 3.37. The lowest BCUT2D eigenvalue weighted by atomic mass is 9.94. The van der Waals surface area contributed by atoms with Crippen molar-refractivity contribution in [2.45, 2.75) is 32.9 Å². The zero-order valence-electron chi connectivity index (χ0n) is 11.6. The molecule has 2 aromatic rings. The zero-order valence-corrected chi connectivity index (χ0v) is 11.6. The average Bonchev–Trinajstić information content (AvgIpc) is 2.90. The molecule has 1 N–H and O–H groups in total. The van der Waals surface area contributed by atoms with Crippen molar-refractivity contribution < 1.29 is 8.81 Å². The summed E-state index contributed by atoms with van der Waals surface area (Å²) in [6.45, 7) is 6.41. The van der Waals surface area contributed by atoms with Crippen molar-refractivity contribution >= 4 is 0 Å². The molecule has 0 bridgehead atoms. The van der Waals surface area contributed by atoms with Gasteiger partial charge in [0.15, 0.2) is 0 Å². The molecule has 0 radical (unpaired) electrons. The molecule has 1 aromatic heterocycles. The number of halogens is 1. The largest absolute Gasteiger partial charge is 0.472 e. The van der Waals surface area contributed by atoms with Crippen LogP contribution in [0.1, 0.15) is 44.0 Å². The van der Waals surface area contributed by atoms with Gasteiger partial charge in [-0.3, -0.25) is 0 Å². The van der Waals surface area contributed by atoms with Gasteiger partial charge in [0.05, 0.1) is 12.5 Å². The first kappa shape index (κ1) is 13.8. The Bertz CT molecular complexity index is 490. The molecule has 0 aliphatic heterocycles. The van der Waals surface area contributed by atoms with Crippen LogP contribution in [0.3, 0.4) is 0 Å². The van der Waals surface area contributed by atoms with Gasteiger partial charge in [0.2, 0.25) is 0 Å². The monoisotopic (exact) mass is 261 g/mol. The summed E-state index contributed by atoms with van der Waals surface area (Å²) >= 11 is 0. The van der Waals surface area contributed by atoms with E-state index in [0.29, 0.717) is 5.92 Å². The molecule has 2 nitrogen and oxygen atoms in total. The standard InChI is InChI=1S/C16H20FNO/c1-11(2)16(13-4-6-15(17)7-5-13)18-12(3)14-8-9-19-10-14/h4-12,16,18H,1-3H3. The molecular weight excluding hydrogens is 241 g/mol. The fourth-order valence-corrected chi connectivity index (χ4v) is 2.23. The minimum Gasteiger partial charge on any atom is -0.472 e. The Hall–Kier alpha value is -1.61. The van der Waals surface area contributed by atoms with E-state index >= 15 is 0 Å². The first-order valence-electron chi connectivity index (χ1n) is 6.61. The molecular formula is C16H20FNO. The molecule has 0 spiro atoms. The van der Waals surface area contributed by atoms with Gasteiger partial charge < -0.3 is 9.73 Å². The van der Waals surface area contributed by atoms with E-state index in [4.69, 9.17) is 4.42 Å². The number of hydrogen-bond acceptors (Lipinski definition) is 2. The first-order valence-corrected chi connectivity index (χ1v) is 6.61. The molecule has 1 aromatic carbocycles. The second-order valence-electron chi connectivity index (χ2n) is 5.22. The Labute approximate surface area is 113 Å². The molecule has 0 saturated carbocycles. The maximum Gasteiger partial charge on any atom is 0.123 e. The molecule has 2 rings (SSSR count). The lowest BCUT2D eigenvalue weighted by Gasteiger charge is -2.26. The molecule has 0 amide bonds. The highest BCUT2D eigenvalue weighted by molar-refractivity contribution is 5.21. The highest BCUT2D eigenvalue weighted by Gasteiger charge is 2.19. The molecule has 0 fully saturated rings. The van der Waals surface area contributed by atoms with Gasteiger partial charge in [0, 0.05) is 17.6 Å². The third-order valence-corrected chi connectivity index (χ3v) is 3.37. The quantitative estimate of drug-likeness (QED) is 0.859. The average molecular weight is 261 g/mol. The number of nitrogens with one attached hydrogen (secondary N) is 1. The Kier molecular flexibility index (Phi) is 4.38. The lowest BCUT2D eigenvalue weighted by molar-refractivity contribution is 0.372. The normalized spacial score (nSPS) is 14.6. The topological polar surface area (TPSA) is 25.2 Å². The van der Waals surface area contributed by atoms with E-state index in [1.165, 1.54) is 12.1 Å². The van der Waals surface area contributed by atoms with E-state index in [0.717, 1.165) is 11.1 Å². The molecule has 19 heavy (non-hydrogen) atoms. The van der Waals surface area contributed by atoms with Crippen LogP contribution in [-0.4, -0.2) is 0 Å². The van der Waals surface area contributed by atoms with Gasteiger partial charge in [-0.05, 0) is 36.6 Å². The van der Waals surface area contributed by atoms with Gasteiger partial charge in [-0.1, -0.05) is 26.0 Å². The minimum atomic E-state index is -0.200. The van der Waals surface area contributed by atoms with Gasteiger partial charge >= 0.3 is 0 Å². The highest BCUT2D eigenvalue weighted by Crippen LogP contribution is 2.26. The molecule has 0 saturated heterocycles. The van der Waals surface area contributed by atoms with Gasteiger partial charge in [-0.2, -0.15) is 0 Å². The molecule has 2 atom stereocenters. The summed E-state index contributed by atoms with van der Waals surface area (Å²) in [6, 6.07) is 9.04. The lowest BCUT2D eigenvalue weighted by Crippen LogP contribution is -2.28. The highest BCUT2D eigenvalue weighted by atomic mass is 19.1. The maximum absolute atomic E-state index is 13.0. The van der Waals surface area contributed by atoms with Crippen molar-refractivity contribution in [1.29, 1.82) is 0 Å². The van der Waals surface area contributed by atoms with Crippen molar-refractivity contribution in [1.82, 2.24) is 5.32 Å². The van der Waals surface area contributed by atoms with Crippen LogP contribution in [0.15, 0.2) is 47.3 Å². The van der Waals surface area contributed by atoms with E-state index in [-0.39, 0.29) is 17.9 Å². The van der Waals surface area contributed by atoms with Crippen molar-refractivity contribution in [3.8, 4) is 0 Å². The van der Waals surface area contributed by atoms with Crippen LogP contribution >= 0.6 is 0 Å². The second-order valence-corrected chi connectivity index (χ2v) is 5.22. The third kappa shape index (κ3) is 3.44. The van der Waals surface area contributed by atoms with Crippen LogP contribution in [0.4, 0.5) is 4.39 Å². The summed E-state index contributed by atoms with van der Waals surface area (Å²) in [5, 5.41) is 3.57. The van der Waals surface area contributed by atoms with Crippen molar-refractivity contribution in [3.63, 3.8) is 0 Å². The molecule has 1 heterocycles. The van der Waals surface area contributed by atoms with Crippen molar-refractivity contribution in [2.75, 3.05) is 0 Å². The fourth-order valence-electron chi connectivity index (χ4n) is 2.23. The molecule has 0 aliphatic rings. The summed E-state index contributed by atoms with van der Waals surface area (Å²) in [5.41, 5.74) is 2.22. The Morgan fingerprint density at radius 2 is 1.68 bits per heavy atom. The Morgan fingerprint density at radius 1 is 1.00 bits per heavy atom. The van der Waals surface area contributed by atoms with E-state index in [9.17, 15) is 4.39 Å². The zero-order chi connectivity index (χ0) is 13.8.